The molecule has 0 bridgehead atoms. The number of aromatic nitrogens is 3. The fraction of sp³-hybridized carbons (Fsp3) is 0.636. The summed E-state index contributed by atoms with van der Waals surface area (Å²) in [5, 5.41) is 5.95. The lowest BCUT2D eigenvalue weighted by Gasteiger charge is -2.34. The number of alkyl carbamates (subject to hydrolysis) is 1. The van der Waals surface area contributed by atoms with E-state index in [1.165, 1.54) is 7.11 Å². The molecule has 1 aliphatic carbocycles. The summed E-state index contributed by atoms with van der Waals surface area (Å²) < 4.78 is 12.4. The second kappa shape index (κ2) is 9.83. The van der Waals surface area contributed by atoms with Crippen molar-refractivity contribution in [2.75, 3.05) is 33.4 Å². The van der Waals surface area contributed by atoms with Crippen LogP contribution in [0.25, 0.3) is 11.2 Å². The molecule has 2 aromatic heterocycles. The zero-order valence-electron chi connectivity index (χ0n) is 19.0. The van der Waals surface area contributed by atoms with Gasteiger partial charge in [0, 0.05) is 50.2 Å². The minimum atomic E-state index is -0.446. The van der Waals surface area contributed by atoms with Gasteiger partial charge in [-0.2, -0.15) is 0 Å². The molecule has 2 aliphatic rings. The molecule has 2 N–H and O–H groups in total. The minimum absolute atomic E-state index is 0.0375. The smallest absolute Gasteiger partial charge is 0.406 e. The Balaban J connectivity index is 1.57. The standard InChI is InChI=1S/C22H32N6O4/c1-14-11-25-19-17(13-27(20(19)26-14)9-4-7-24-22(30)31-3)15(2)28(16-5-6-16)21(29)18-12-23-8-10-32-18/h11,13,15-16,18,23H,4-10,12H2,1-3H3,(H,24,30)/t15-,18-/m1/s1. The molecular weight excluding hydrogens is 412 g/mol. The van der Waals surface area contributed by atoms with E-state index >= 15 is 0 Å². The summed E-state index contributed by atoms with van der Waals surface area (Å²) in [4.78, 5) is 36.0. The summed E-state index contributed by atoms with van der Waals surface area (Å²) in [7, 11) is 1.35. The van der Waals surface area contributed by atoms with E-state index in [2.05, 4.69) is 38.0 Å². The Bertz CT molecular complexity index is 967. The number of hydrogen-bond acceptors (Lipinski definition) is 7. The number of amides is 2. The van der Waals surface area contributed by atoms with Crippen LogP contribution in [0.2, 0.25) is 0 Å². The Morgan fingerprint density at radius 2 is 2.25 bits per heavy atom. The maximum absolute atomic E-state index is 13.4. The molecule has 10 nitrogen and oxygen atoms in total. The number of carbonyl (C=O) groups excluding carboxylic acids is 2. The van der Waals surface area contributed by atoms with E-state index in [-0.39, 0.29) is 18.0 Å². The van der Waals surface area contributed by atoms with Gasteiger partial charge in [-0.3, -0.25) is 9.78 Å². The first kappa shape index (κ1) is 22.5. The van der Waals surface area contributed by atoms with Crippen molar-refractivity contribution in [1.82, 2.24) is 30.1 Å². The lowest BCUT2D eigenvalue weighted by Crippen LogP contribution is -2.50. The summed E-state index contributed by atoms with van der Waals surface area (Å²) >= 11 is 0. The normalized spacial score (nSPS) is 19.5. The van der Waals surface area contributed by atoms with Gasteiger partial charge in [-0.1, -0.05) is 0 Å². The Morgan fingerprint density at radius 1 is 1.44 bits per heavy atom. The van der Waals surface area contributed by atoms with Crippen LogP contribution in [0.3, 0.4) is 0 Å². The third-order valence-electron chi connectivity index (χ3n) is 6.01. The number of methoxy groups -OCH3 is 1. The van der Waals surface area contributed by atoms with Crippen LogP contribution in [0.5, 0.6) is 0 Å². The fourth-order valence-corrected chi connectivity index (χ4v) is 4.23. The van der Waals surface area contributed by atoms with Crippen molar-refractivity contribution >= 4 is 23.2 Å². The third-order valence-corrected chi connectivity index (χ3v) is 6.01. The van der Waals surface area contributed by atoms with Crippen molar-refractivity contribution in [1.29, 1.82) is 0 Å². The minimum Gasteiger partial charge on any atom is -0.453 e. The van der Waals surface area contributed by atoms with Gasteiger partial charge in [-0.15, -0.1) is 0 Å². The zero-order chi connectivity index (χ0) is 22.7. The second-order valence-electron chi connectivity index (χ2n) is 8.45. The van der Waals surface area contributed by atoms with E-state index in [9.17, 15) is 9.59 Å². The molecule has 0 spiro atoms. The predicted molar refractivity (Wildman–Crippen MR) is 118 cm³/mol. The maximum atomic E-state index is 13.4. The summed E-state index contributed by atoms with van der Waals surface area (Å²) in [5.41, 5.74) is 3.42. The van der Waals surface area contributed by atoms with Gasteiger partial charge in [-0.05, 0) is 33.1 Å². The van der Waals surface area contributed by atoms with Crippen molar-refractivity contribution in [3.05, 3.63) is 23.7 Å². The number of nitrogens with one attached hydrogen (secondary N) is 2. The quantitative estimate of drug-likeness (QED) is 0.594. The molecule has 2 fully saturated rings. The highest BCUT2D eigenvalue weighted by atomic mass is 16.5. The van der Waals surface area contributed by atoms with Crippen LogP contribution in [0.4, 0.5) is 4.79 Å². The number of aryl methyl sites for hydroxylation is 2. The first-order valence-electron chi connectivity index (χ1n) is 11.3. The zero-order valence-corrected chi connectivity index (χ0v) is 19.0. The monoisotopic (exact) mass is 444 g/mol. The number of ether oxygens (including phenoxy) is 2. The Kier molecular flexibility index (Phi) is 6.90. The molecule has 2 aromatic rings. The first-order chi connectivity index (χ1) is 15.5. The Hall–Kier alpha value is -2.72. The van der Waals surface area contributed by atoms with Crippen LogP contribution in [0.15, 0.2) is 12.4 Å². The van der Waals surface area contributed by atoms with E-state index in [0.717, 1.165) is 48.2 Å². The lowest BCUT2D eigenvalue weighted by molar-refractivity contribution is -0.148. The Morgan fingerprint density at radius 3 is 2.94 bits per heavy atom. The van der Waals surface area contributed by atoms with Crippen LogP contribution in [-0.4, -0.2) is 76.9 Å². The van der Waals surface area contributed by atoms with Crippen molar-refractivity contribution in [3.63, 3.8) is 0 Å². The molecule has 10 heteroatoms. The van der Waals surface area contributed by atoms with Gasteiger partial charge < -0.3 is 29.6 Å². The van der Waals surface area contributed by atoms with E-state index in [1.54, 1.807) is 6.20 Å². The van der Waals surface area contributed by atoms with Gasteiger partial charge in [0.25, 0.3) is 5.91 Å². The average molecular weight is 445 g/mol. The number of rotatable bonds is 8. The number of fused-ring (bicyclic) bond motifs is 1. The van der Waals surface area contributed by atoms with E-state index in [1.807, 2.05) is 11.8 Å². The predicted octanol–water partition coefficient (Wildman–Crippen LogP) is 1.53. The fourth-order valence-electron chi connectivity index (χ4n) is 4.23. The van der Waals surface area contributed by atoms with Gasteiger partial charge in [0.05, 0.1) is 25.5 Å². The number of carbonyl (C=O) groups is 2. The van der Waals surface area contributed by atoms with E-state index in [4.69, 9.17) is 9.72 Å². The van der Waals surface area contributed by atoms with Crippen LogP contribution < -0.4 is 10.6 Å². The van der Waals surface area contributed by atoms with Crippen molar-refractivity contribution < 1.29 is 19.1 Å². The lowest BCUT2D eigenvalue weighted by atomic mass is 10.1. The number of morpholine rings is 1. The molecule has 0 aromatic carbocycles. The van der Waals surface area contributed by atoms with Crippen LogP contribution >= 0.6 is 0 Å². The van der Waals surface area contributed by atoms with E-state index in [0.29, 0.717) is 26.2 Å². The van der Waals surface area contributed by atoms with Crippen molar-refractivity contribution in [2.24, 2.45) is 0 Å². The SMILES string of the molecule is COC(=O)NCCCn1cc([C@@H](C)N(C(=O)[C@H]2CNCCO2)C2CC2)c2ncc(C)nc21. The molecule has 3 heterocycles. The number of hydrogen-bond donors (Lipinski definition) is 2. The molecule has 0 radical (unpaired) electrons. The number of nitrogens with zero attached hydrogens (tertiary/aromatic N) is 4. The van der Waals surface area contributed by atoms with Crippen molar-refractivity contribution in [3.8, 4) is 0 Å². The molecular formula is C22H32N6O4. The average Bonchev–Trinajstić information content (AvgIpc) is 3.58. The summed E-state index contributed by atoms with van der Waals surface area (Å²) in [5.74, 6) is 0.0375. The molecule has 4 rings (SSSR count). The molecule has 2 amide bonds. The topological polar surface area (TPSA) is 111 Å². The summed E-state index contributed by atoms with van der Waals surface area (Å²) in [6.07, 6.45) is 5.67. The largest absolute Gasteiger partial charge is 0.453 e. The van der Waals surface area contributed by atoms with Gasteiger partial charge in [0.1, 0.15) is 11.6 Å². The van der Waals surface area contributed by atoms with E-state index < -0.39 is 12.2 Å². The molecule has 174 valence electrons. The molecule has 0 unspecified atom stereocenters. The van der Waals surface area contributed by atoms with Crippen LogP contribution in [0.1, 0.15) is 43.5 Å². The summed E-state index contributed by atoms with van der Waals surface area (Å²) in [6, 6.07) is 0.0959. The van der Waals surface area contributed by atoms with Gasteiger partial charge in [-0.25, -0.2) is 9.78 Å². The van der Waals surface area contributed by atoms with Crippen molar-refractivity contribution in [2.45, 2.75) is 57.8 Å². The molecule has 32 heavy (non-hydrogen) atoms. The highest BCUT2D eigenvalue weighted by Crippen LogP contribution is 2.37. The highest BCUT2D eigenvalue weighted by molar-refractivity contribution is 5.84. The van der Waals surface area contributed by atoms with Crippen LogP contribution in [0, 0.1) is 6.92 Å². The highest BCUT2D eigenvalue weighted by Gasteiger charge is 2.40. The van der Waals surface area contributed by atoms with Gasteiger partial charge in [0.2, 0.25) is 0 Å². The molecule has 2 atom stereocenters. The molecule has 1 aliphatic heterocycles. The Labute approximate surface area is 187 Å². The molecule has 1 saturated heterocycles. The third kappa shape index (κ3) is 4.86. The first-order valence-corrected chi connectivity index (χ1v) is 11.3. The van der Waals surface area contributed by atoms with Crippen LogP contribution in [-0.2, 0) is 20.8 Å². The molecule has 1 saturated carbocycles. The second-order valence-corrected chi connectivity index (χ2v) is 8.45. The summed E-state index contributed by atoms with van der Waals surface area (Å²) in [6.45, 7) is 7.00. The van der Waals surface area contributed by atoms with Gasteiger partial charge >= 0.3 is 6.09 Å². The van der Waals surface area contributed by atoms with Gasteiger partial charge in [0.15, 0.2) is 5.65 Å². The maximum Gasteiger partial charge on any atom is 0.406 e.